The number of hydrogen-bond acceptors (Lipinski definition) is 6. The van der Waals surface area contributed by atoms with Crippen molar-refractivity contribution in [3.8, 4) is 28.5 Å². The van der Waals surface area contributed by atoms with Gasteiger partial charge in [0.15, 0.2) is 0 Å². The second-order valence-electron chi connectivity index (χ2n) is 8.50. The summed E-state index contributed by atoms with van der Waals surface area (Å²) < 4.78 is 8.74. The maximum Gasteiger partial charge on any atom is 0.233 e. The van der Waals surface area contributed by atoms with Gasteiger partial charge in [-0.25, -0.2) is 4.68 Å². The number of methoxy groups -OCH3 is 1. The molecule has 3 aromatic heterocycles. The smallest absolute Gasteiger partial charge is 0.233 e. The highest BCUT2D eigenvalue weighted by atomic mass is 35.5. The standard InChI is InChI=1S/C24H23Cl2N7O2/c1-14(2)33-24(18(26)12-27-33)20-11-22-31(23(34)8-9-32(22)30-20)13-15-4-5-16(17(25)10-15)19-6-7-21(35-3)29-28-19/h4-7,10-12,14H,8-9,13H2,1-3H3. The highest BCUT2D eigenvalue weighted by Crippen LogP contribution is 2.35. The number of carbonyl (C=O) groups excluding carboxylic acids is 1. The molecule has 1 aromatic carbocycles. The van der Waals surface area contributed by atoms with Crippen LogP contribution >= 0.6 is 23.2 Å². The summed E-state index contributed by atoms with van der Waals surface area (Å²) in [6, 6.07) is 11.2. The molecule has 0 bridgehead atoms. The number of aromatic nitrogens is 6. The molecule has 0 aliphatic carbocycles. The quantitative estimate of drug-likeness (QED) is 0.360. The fourth-order valence-electron chi connectivity index (χ4n) is 4.13. The molecule has 0 fully saturated rings. The monoisotopic (exact) mass is 511 g/mol. The van der Waals surface area contributed by atoms with Gasteiger partial charge in [0, 0.05) is 30.2 Å². The highest BCUT2D eigenvalue weighted by Gasteiger charge is 2.28. The van der Waals surface area contributed by atoms with E-state index in [1.165, 1.54) is 7.11 Å². The van der Waals surface area contributed by atoms with Crippen LogP contribution in [0.1, 0.15) is 31.9 Å². The maximum absolute atomic E-state index is 12.9. The van der Waals surface area contributed by atoms with Gasteiger partial charge in [-0.1, -0.05) is 35.3 Å². The first-order valence-corrected chi connectivity index (χ1v) is 11.9. The largest absolute Gasteiger partial charge is 0.480 e. The Balaban J connectivity index is 1.44. The molecule has 11 heteroatoms. The summed E-state index contributed by atoms with van der Waals surface area (Å²) in [4.78, 5) is 14.6. The third kappa shape index (κ3) is 4.37. The van der Waals surface area contributed by atoms with E-state index in [9.17, 15) is 4.79 Å². The minimum atomic E-state index is 0.0219. The van der Waals surface area contributed by atoms with E-state index in [4.69, 9.17) is 33.0 Å². The van der Waals surface area contributed by atoms with Gasteiger partial charge < -0.3 is 4.74 Å². The Labute approximate surface area is 212 Å². The molecule has 4 aromatic rings. The lowest BCUT2D eigenvalue weighted by atomic mass is 10.1. The Bertz CT molecular complexity index is 1400. The molecular weight excluding hydrogens is 489 g/mol. The van der Waals surface area contributed by atoms with Crippen LogP contribution in [0.4, 0.5) is 5.82 Å². The molecule has 0 radical (unpaired) electrons. The number of hydrogen-bond donors (Lipinski definition) is 0. The first kappa shape index (κ1) is 23.3. The normalized spacial score (nSPS) is 13.4. The minimum absolute atomic E-state index is 0.0219. The van der Waals surface area contributed by atoms with Gasteiger partial charge in [-0.2, -0.15) is 10.2 Å². The number of nitrogens with zero attached hydrogens (tertiary/aromatic N) is 7. The van der Waals surface area contributed by atoms with E-state index < -0.39 is 0 Å². The molecule has 1 aliphatic heterocycles. The van der Waals surface area contributed by atoms with Crippen LogP contribution < -0.4 is 9.64 Å². The second-order valence-corrected chi connectivity index (χ2v) is 9.31. The summed E-state index contributed by atoms with van der Waals surface area (Å²) in [7, 11) is 1.54. The molecule has 0 spiro atoms. The SMILES string of the molecule is COc1ccc(-c2ccc(CN3C(=O)CCn4nc(-c5c(Cl)cnn5C(C)C)cc43)cc2Cl)nn1. The Morgan fingerprint density at radius 3 is 2.57 bits per heavy atom. The third-order valence-electron chi connectivity index (χ3n) is 5.86. The first-order valence-electron chi connectivity index (χ1n) is 11.1. The van der Waals surface area contributed by atoms with Crippen molar-refractivity contribution < 1.29 is 9.53 Å². The Morgan fingerprint density at radius 2 is 1.89 bits per heavy atom. The molecule has 0 saturated heterocycles. The van der Waals surface area contributed by atoms with Crippen LogP contribution in [0.3, 0.4) is 0 Å². The molecule has 4 heterocycles. The van der Waals surface area contributed by atoms with Crippen LogP contribution in [-0.4, -0.2) is 42.8 Å². The predicted octanol–water partition coefficient (Wildman–Crippen LogP) is 5.04. The van der Waals surface area contributed by atoms with E-state index >= 15 is 0 Å². The molecule has 0 N–H and O–H groups in total. The van der Waals surface area contributed by atoms with Crippen molar-refractivity contribution >= 4 is 34.9 Å². The van der Waals surface area contributed by atoms with Gasteiger partial charge in [-0.15, -0.1) is 10.2 Å². The van der Waals surface area contributed by atoms with Gasteiger partial charge in [0.25, 0.3) is 0 Å². The van der Waals surface area contributed by atoms with Crippen LogP contribution in [-0.2, 0) is 17.9 Å². The van der Waals surface area contributed by atoms with Gasteiger partial charge in [0.05, 0.1) is 42.1 Å². The Hall–Kier alpha value is -3.43. The zero-order valence-corrected chi connectivity index (χ0v) is 21.0. The van der Waals surface area contributed by atoms with Gasteiger partial charge in [-0.3, -0.25) is 14.4 Å². The molecule has 0 atom stereocenters. The van der Waals surface area contributed by atoms with Crippen molar-refractivity contribution in [2.24, 2.45) is 0 Å². The number of anilines is 1. The van der Waals surface area contributed by atoms with Crippen LogP contribution in [0.25, 0.3) is 22.6 Å². The summed E-state index contributed by atoms with van der Waals surface area (Å²) >= 11 is 13.0. The van der Waals surface area contributed by atoms with Crippen molar-refractivity contribution in [1.82, 2.24) is 29.8 Å². The molecule has 0 saturated carbocycles. The summed E-state index contributed by atoms with van der Waals surface area (Å²) in [5, 5.41) is 18.3. The molecule has 180 valence electrons. The number of carbonyl (C=O) groups is 1. The average molecular weight is 512 g/mol. The topological polar surface area (TPSA) is 91.0 Å². The Morgan fingerprint density at radius 1 is 1.06 bits per heavy atom. The lowest BCUT2D eigenvalue weighted by Gasteiger charge is -2.27. The molecule has 35 heavy (non-hydrogen) atoms. The predicted molar refractivity (Wildman–Crippen MR) is 134 cm³/mol. The molecule has 5 rings (SSSR count). The van der Waals surface area contributed by atoms with Crippen LogP contribution in [0, 0.1) is 0 Å². The zero-order chi connectivity index (χ0) is 24.7. The molecule has 0 unspecified atom stereocenters. The van der Waals surface area contributed by atoms with E-state index in [1.54, 1.807) is 23.2 Å². The van der Waals surface area contributed by atoms with Crippen molar-refractivity contribution in [3.63, 3.8) is 0 Å². The summed E-state index contributed by atoms with van der Waals surface area (Å²) in [6.07, 6.45) is 1.98. The van der Waals surface area contributed by atoms with Gasteiger partial charge in [0.1, 0.15) is 17.2 Å². The van der Waals surface area contributed by atoms with Crippen LogP contribution in [0.2, 0.25) is 10.0 Å². The van der Waals surface area contributed by atoms with E-state index in [1.807, 2.05) is 47.5 Å². The first-order chi connectivity index (χ1) is 16.9. The number of benzene rings is 1. The molecular formula is C24H23Cl2N7O2. The number of halogens is 2. The van der Waals surface area contributed by atoms with Gasteiger partial charge in [0.2, 0.25) is 11.8 Å². The number of fused-ring (bicyclic) bond motifs is 1. The highest BCUT2D eigenvalue weighted by molar-refractivity contribution is 6.33. The van der Waals surface area contributed by atoms with Crippen molar-refractivity contribution in [3.05, 3.63) is 58.2 Å². The van der Waals surface area contributed by atoms with E-state index in [2.05, 4.69) is 15.3 Å². The van der Waals surface area contributed by atoms with E-state index in [0.717, 1.165) is 16.8 Å². The average Bonchev–Trinajstić information content (AvgIpc) is 3.44. The van der Waals surface area contributed by atoms with Gasteiger partial charge in [-0.05, 0) is 31.5 Å². The lowest BCUT2D eigenvalue weighted by molar-refractivity contribution is -0.119. The number of rotatable bonds is 6. The van der Waals surface area contributed by atoms with Crippen LogP contribution in [0.5, 0.6) is 5.88 Å². The van der Waals surface area contributed by atoms with Crippen molar-refractivity contribution in [1.29, 1.82) is 0 Å². The minimum Gasteiger partial charge on any atom is -0.480 e. The number of ether oxygens (including phenoxy) is 1. The summed E-state index contributed by atoms with van der Waals surface area (Å²) in [6.45, 7) is 4.93. The fraction of sp³-hybridized carbons (Fsp3) is 0.292. The number of amides is 1. The molecule has 9 nitrogen and oxygen atoms in total. The van der Waals surface area contributed by atoms with Crippen molar-refractivity contribution in [2.75, 3.05) is 12.0 Å². The fourth-order valence-corrected chi connectivity index (χ4v) is 4.66. The van der Waals surface area contributed by atoms with E-state index in [0.29, 0.717) is 52.6 Å². The van der Waals surface area contributed by atoms with Gasteiger partial charge >= 0.3 is 0 Å². The van der Waals surface area contributed by atoms with Crippen LogP contribution in [0.15, 0.2) is 42.6 Å². The molecule has 1 aliphatic rings. The lowest BCUT2D eigenvalue weighted by Crippen LogP contribution is -2.36. The number of aryl methyl sites for hydroxylation is 1. The second kappa shape index (κ2) is 9.31. The Kier molecular flexibility index (Phi) is 6.21. The maximum atomic E-state index is 12.9. The summed E-state index contributed by atoms with van der Waals surface area (Å²) in [5.41, 5.74) is 3.69. The summed E-state index contributed by atoms with van der Waals surface area (Å²) in [5.74, 6) is 1.16. The zero-order valence-electron chi connectivity index (χ0n) is 19.4. The molecule has 1 amide bonds. The third-order valence-corrected chi connectivity index (χ3v) is 6.45. The van der Waals surface area contributed by atoms with Crippen molar-refractivity contribution in [2.45, 2.75) is 39.4 Å². The van der Waals surface area contributed by atoms with E-state index in [-0.39, 0.29) is 11.9 Å².